The van der Waals surface area contributed by atoms with Crippen molar-refractivity contribution >= 4 is 11.7 Å². The number of carbonyl (C=O) groups excluding carboxylic acids is 1. The van der Waals surface area contributed by atoms with Gasteiger partial charge in [-0.25, -0.2) is 4.79 Å². The molecule has 1 fully saturated rings. The van der Waals surface area contributed by atoms with Crippen molar-refractivity contribution in [3.05, 3.63) is 65.2 Å². The molecule has 0 spiro atoms. The molecule has 27 heavy (non-hydrogen) atoms. The van der Waals surface area contributed by atoms with Gasteiger partial charge in [0.25, 0.3) is 0 Å². The molecular weight excluding hydrogens is 334 g/mol. The summed E-state index contributed by atoms with van der Waals surface area (Å²) in [6.07, 6.45) is 2.03. The molecule has 0 atom stereocenters. The molecule has 2 aliphatic heterocycles. The number of carbonyl (C=O) groups is 1. The van der Waals surface area contributed by atoms with Crippen LogP contribution in [0.2, 0.25) is 0 Å². The van der Waals surface area contributed by atoms with Gasteiger partial charge < -0.3 is 10.2 Å². The highest BCUT2D eigenvalue weighted by atomic mass is 16.2. The van der Waals surface area contributed by atoms with Crippen molar-refractivity contribution in [3.63, 3.8) is 0 Å². The summed E-state index contributed by atoms with van der Waals surface area (Å²) in [5, 5.41) is 3.13. The molecule has 1 saturated heterocycles. The quantitative estimate of drug-likeness (QED) is 0.889. The van der Waals surface area contributed by atoms with Gasteiger partial charge >= 0.3 is 6.03 Å². The Morgan fingerprint density at radius 3 is 2.56 bits per heavy atom. The van der Waals surface area contributed by atoms with Crippen molar-refractivity contribution in [2.75, 3.05) is 25.0 Å². The summed E-state index contributed by atoms with van der Waals surface area (Å²) < 4.78 is 0. The molecule has 4 heteroatoms. The molecule has 0 bridgehead atoms. The van der Waals surface area contributed by atoms with E-state index in [-0.39, 0.29) is 11.6 Å². The fraction of sp³-hybridized carbons (Fsp3) is 0.435. The summed E-state index contributed by atoms with van der Waals surface area (Å²) in [6, 6.07) is 16.6. The van der Waals surface area contributed by atoms with E-state index >= 15 is 0 Å². The summed E-state index contributed by atoms with van der Waals surface area (Å²) in [6.45, 7) is 7.11. The number of likely N-dealkylation sites (tertiary alicyclic amines) is 1. The first-order valence-corrected chi connectivity index (χ1v) is 9.88. The number of urea groups is 1. The number of nitrogens with zero attached hydrogens (tertiary/aromatic N) is 2. The Morgan fingerprint density at radius 2 is 1.85 bits per heavy atom. The number of benzene rings is 2. The Balaban J connectivity index is 1.60. The van der Waals surface area contributed by atoms with Gasteiger partial charge in [0.15, 0.2) is 0 Å². The third-order valence-corrected chi connectivity index (χ3v) is 6.01. The van der Waals surface area contributed by atoms with E-state index in [0.717, 1.165) is 37.2 Å². The van der Waals surface area contributed by atoms with Crippen LogP contribution in [0.1, 0.15) is 42.9 Å². The van der Waals surface area contributed by atoms with E-state index < -0.39 is 0 Å². The monoisotopic (exact) mass is 363 g/mol. The van der Waals surface area contributed by atoms with Crippen LogP contribution >= 0.6 is 0 Å². The Morgan fingerprint density at radius 1 is 1.11 bits per heavy atom. The van der Waals surface area contributed by atoms with Crippen molar-refractivity contribution in [2.24, 2.45) is 0 Å². The summed E-state index contributed by atoms with van der Waals surface area (Å²) in [7, 11) is 2.17. The number of fused-ring (bicyclic) bond motifs is 1. The van der Waals surface area contributed by atoms with Crippen LogP contribution in [0.15, 0.2) is 48.5 Å². The topological polar surface area (TPSA) is 35.6 Å². The van der Waals surface area contributed by atoms with E-state index in [9.17, 15) is 4.79 Å². The molecule has 0 aliphatic carbocycles. The molecule has 2 aromatic rings. The second-order valence-electron chi connectivity index (χ2n) is 8.56. The minimum Gasteiger partial charge on any atom is -0.334 e. The highest BCUT2D eigenvalue weighted by molar-refractivity contribution is 5.95. The molecule has 4 nitrogen and oxygen atoms in total. The average molecular weight is 364 g/mol. The maximum Gasteiger partial charge on any atom is 0.322 e. The van der Waals surface area contributed by atoms with Gasteiger partial charge in [-0.05, 0) is 56.5 Å². The zero-order valence-electron chi connectivity index (χ0n) is 16.5. The van der Waals surface area contributed by atoms with Crippen molar-refractivity contribution in [1.29, 1.82) is 0 Å². The summed E-state index contributed by atoms with van der Waals surface area (Å²) in [5.41, 5.74) is 4.81. The van der Waals surface area contributed by atoms with Crippen LogP contribution < -0.4 is 10.2 Å². The van der Waals surface area contributed by atoms with Crippen LogP contribution in [0.3, 0.4) is 0 Å². The van der Waals surface area contributed by atoms with Crippen LogP contribution in [0.25, 0.3) is 0 Å². The number of hydrogen-bond acceptors (Lipinski definition) is 2. The number of anilines is 1. The minimum atomic E-state index is -0.192. The molecule has 2 aromatic carbocycles. The highest BCUT2D eigenvalue weighted by Gasteiger charge is 2.39. The van der Waals surface area contributed by atoms with Gasteiger partial charge in [0.05, 0.1) is 0 Å². The zero-order chi connectivity index (χ0) is 19.0. The first-order valence-electron chi connectivity index (χ1n) is 9.88. The van der Waals surface area contributed by atoms with Gasteiger partial charge in [-0.1, -0.05) is 42.5 Å². The molecule has 0 saturated carbocycles. The lowest BCUT2D eigenvalue weighted by atomic mass is 9.80. The fourth-order valence-electron chi connectivity index (χ4n) is 4.46. The van der Waals surface area contributed by atoms with Crippen LogP contribution in [-0.4, -0.2) is 36.6 Å². The molecule has 0 aromatic heterocycles. The Labute approximate surface area is 162 Å². The molecule has 2 amide bonds. The van der Waals surface area contributed by atoms with Crippen LogP contribution in [0.5, 0.6) is 0 Å². The molecule has 2 aliphatic rings. The average Bonchev–Trinajstić information content (AvgIpc) is 2.63. The maximum atomic E-state index is 13.2. The fourth-order valence-corrected chi connectivity index (χ4v) is 4.46. The Hall–Kier alpha value is -2.33. The van der Waals surface area contributed by atoms with Gasteiger partial charge in [0, 0.05) is 36.8 Å². The van der Waals surface area contributed by atoms with E-state index in [1.807, 2.05) is 35.2 Å². The molecule has 142 valence electrons. The van der Waals surface area contributed by atoms with Gasteiger partial charge in [-0.3, -0.25) is 4.90 Å². The van der Waals surface area contributed by atoms with Crippen LogP contribution in [0, 0.1) is 0 Å². The number of amides is 2. The number of hydrogen-bond donors (Lipinski definition) is 1. The van der Waals surface area contributed by atoms with Gasteiger partial charge in [0.1, 0.15) is 0 Å². The first-order chi connectivity index (χ1) is 13.0. The lowest BCUT2D eigenvalue weighted by molar-refractivity contribution is 0.188. The van der Waals surface area contributed by atoms with Crippen molar-refractivity contribution < 1.29 is 4.79 Å². The smallest absolute Gasteiger partial charge is 0.322 e. The highest BCUT2D eigenvalue weighted by Crippen LogP contribution is 2.41. The molecule has 2 heterocycles. The van der Waals surface area contributed by atoms with E-state index in [4.69, 9.17) is 0 Å². The standard InChI is InChI=1S/C23H29N3O/c1-23(2)13-12-20-19(18-15-25(3)16-18)10-7-11-21(20)26(23)22(27)24-14-17-8-5-4-6-9-17/h4-11,18H,12-16H2,1-3H3,(H,24,27). The van der Waals surface area contributed by atoms with E-state index in [1.54, 1.807) is 0 Å². The van der Waals surface area contributed by atoms with E-state index in [2.05, 4.69) is 49.3 Å². The third-order valence-electron chi connectivity index (χ3n) is 6.01. The van der Waals surface area contributed by atoms with Crippen molar-refractivity contribution in [3.8, 4) is 0 Å². The number of rotatable bonds is 3. The van der Waals surface area contributed by atoms with Gasteiger partial charge in [-0.15, -0.1) is 0 Å². The number of likely N-dealkylation sites (N-methyl/N-ethyl adjacent to an activating group) is 1. The second kappa shape index (κ2) is 7.01. The maximum absolute atomic E-state index is 13.2. The Kier molecular flexibility index (Phi) is 4.68. The number of nitrogens with one attached hydrogen (secondary N) is 1. The van der Waals surface area contributed by atoms with Crippen molar-refractivity contribution in [2.45, 2.75) is 44.7 Å². The summed E-state index contributed by atoms with van der Waals surface area (Å²) in [5.74, 6) is 0.598. The molecule has 0 unspecified atom stereocenters. The zero-order valence-corrected chi connectivity index (χ0v) is 16.5. The predicted octanol–water partition coefficient (Wildman–Crippen LogP) is 4.16. The van der Waals surface area contributed by atoms with Crippen LogP contribution in [-0.2, 0) is 13.0 Å². The molecule has 1 N–H and O–H groups in total. The summed E-state index contributed by atoms with van der Waals surface area (Å²) in [4.78, 5) is 17.5. The van der Waals surface area contributed by atoms with E-state index in [0.29, 0.717) is 12.5 Å². The minimum absolute atomic E-state index is 0.00678. The van der Waals surface area contributed by atoms with Gasteiger partial charge in [-0.2, -0.15) is 0 Å². The summed E-state index contributed by atoms with van der Waals surface area (Å²) >= 11 is 0. The SMILES string of the molecule is CN1CC(c2cccc3c2CCC(C)(C)N3C(=O)NCc2ccccc2)C1. The normalized spacial score (nSPS) is 19.3. The lowest BCUT2D eigenvalue weighted by Gasteiger charge is -2.45. The largest absolute Gasteiger partial charge is 0.334 e. The van der Waals surface area contributed by atoms with Gasteiger partial charge in [0.2, 0.25) is 0 Å². The lowest BCUT2D eigenvalue weighted by Crippen LogP contribution is -2.55. The van der Waals surface area contributed by atoms with E-state index in [1.165, 1.54) is 11.1 Å². The van der Waals surface area contributed by atoms with Crippen LogP contribution in [0.4, 0.5) is 10.5 Å². The predicted molar refractivity (Wildman–Crippen MR) is 110 cm³/mol. The third kappa shape index (κ3) is 3.46. The Bertz CT molecular complexity index is 825. The molecule has 4 rings (SSSR count). The molecule has 0 radical (unpaired) electrons. The molecular formula is C23H29N3O. The second-order valence-corrected chi connectivity index (χ2v) is 8.56. The van der Waals surface area contributed by atoms with Crippen molar-refractivity contribution in [1.82, 2.24) is 10.2 Å². The first kappa shape index (κ1) is 18.1.